The van der Waals surface area contributed by atoms with E-state index in [0.717, 1.165) is 37.0 Å². The van der Waals surface area contributed by atoms with Crippen LogP contribution in [0.2, 0.25) is 0 Å². The first-order valence-electron chi connectivity index (χ1n) is 8.85. The number of hydrogen-bond donors (Lipinski definition) is 4. The van der Waals surface area contributed by atoms with Gasteiger partial charge >= 0.3 is 5.97 Å². The van der Waals surface area contributed by atoms with E-state index in [9.17, 15) is 9.90 Å². The zero-order valence-electron chi connectivity index (χ0n) is 15.3. The van der Waals surface area contributed by atoms with Crippen molar-refractivity contribution < 1.29 is 14.6 Å². The lowest BCUT2D eigenvalue weighted by Gasteiger charge is -2.26. The van der Waals surface area contributed by atoms with E-state index in [-0.39, 0.29) is 22.9 Å². The lowest BCUT2D eigenvalue weighted by Crippen LogP contribution is -2.31. The van der Waals surface area contributed by atoms with Crippen LogP contribution >= 0.6 is 34.2 Å². The lowest BCUT2D eigenvalue weighted by molar-refractivity contribution is 0.0701. The summed E-state index contributed by atoms with van der Waals surface area (Å²) in [6.07, 6.45) is 5.31. The molecule has 2 aromatic rings. The normalized spacial score (nSPS) is 20.0. The van der Waals surface area contributed by atoms with Gasteiger partial charge in [0.2, 0.25) is 5.88 Å². The molecule has 2 heterocycles. The number of carboxylic acids is 1. The Balaban J connectivity index is 1.91. The summed E-state index contributed by atoms with van der Waals surface area (Å²) in [6.45, 7) is 1.72. The molecule has 6 N–H and O–H groups in total. The van der Waals surface area contributed by atoms with Gasteiger partial charge in [0, 0.05) is 12.2 Å². The number of nitrogens with zero attached hydrogens (tertiary/aromatic N) is 2. The summed E-state index contributed by atoms with van der Waals surface area (Å²) in [5.74, 6) is -0.361. The molecule has 0 unspecified atom stereocenters. The SMILES string of the molecule is Cc1c(C(=O)O)sc(NI)c1C(N)=Nc1cccnc1OC1CCC(N)CC1. The lowest BCUT2D eigenvalue weighted by atomic mass is 9.94. The number of hydrogen-bond acceptors (Lipinski definition) is 7. The first-order valence-corrected chi connectivity index (χ1v) is 10.7. The fourth-order valence-electron chi connectivity index (χ4n) is 3.20. The van der Waals surface area contributed by atoms with Crippen LogP contribution in [0, 0.1) is 6.92 Å². The van der Waals surface area contributed by atoms with E-state index in [4.69, 9.17) is 16.2 Å². The molecule has 3 rings (SSSR count). The molecule has 1 aliphatic carbocycles. The van der Waals surface area contributed by atoms with Crippen molar-refractivity contribution in [2.75, 3.05) is 3.53 Å². The largest absolute Gasteiger partial charge is 0.477 e. The van der Waals surface area contributed by atoms with Crippen molar-refractivity contribution in [2.45, 2.75) is 44.8 Å². The van der Waals surface area contributed by atoms with Crippen molar-refractivity contribution in [3.05, 3.63) is 34.3 Å². The number of carbonyl (C=O) groups is 1. The van der Waals surface area contributed by atoms with Crippen LogP contribution in [0.5, 0.6) is 5.88 Å². The summed E-state index contributed by atoms with van der Waals surface area (Å²) in [5, 5.41) is 10.0. The van der Waals surface area contributed by atoms with Gasteiger partial charge in [0.15, 0.2) is 0 Å². The molecule has 0 bridgehead atoms. The Morgan fingerprint density at radius 2 is 2.14 bits per heavy atom. The van der Waals surface area contributed by atoms with Gasteiger partial charge in [0.1, 0.15) is 27.5 Å². The molecule has 1 saturated carbocycles. The molecule has 0 amide bonds. The standard InChI is InChI=1S/C18H22IN5O3S/c1-9-13(17(24-19)28-14(9)18(25)26)15(21)23-12-3-2-8-22-16(12)27-11-6-4-10(20)5-7-11/h2-3,8,10-11,24H,4-7,20H2,1H3,(H2,21,23)(H,25,26). The van der Waals surface area contributed by atoms with Crippen molar-refractivity contribution in [3.63, 3.8) is 0 Å². The fraction of sp³-hybridized carbons (Fsp3) is 0.389. The zero-order chi connectivity index (χ0) is 20.3. The second kappa shape index (κ2) is 9.05. The van der Waals surface area contributed by atoms with Gasteiger partial charge in [-0.15, -0.1) is 11.3 Å². The molecule has 0 aliphatic heterocycles. The van der Waals surface area contributed by atoms with Gasteiger partial charge in [-0.3, -0.25) is 0 Å². The molecular formula is C18H22IN5O3S. The minimum absolute atomic E-state index is 0.0537. The van der Waals surface area contributed by atoms with Gasteiger partial charge in [-0.2, -0.15) is 0 Å². The maximum absolute atomic E-state index is 11.4. The summed E-state index contributed by atoms with van der Waals surface area (Å²) >= 11 is 3.08. The highest BCUT2D eigenvalue weighted by molar-refractivity contribution is 14.1. The number of nitrogens with one attached hydrogen (secondary N) is 1. The van der Waals surface area contributed by atoms with Gasteiger partial charge in [-0.25, -0.2) is 14.8 Å². The van der Waals surface area contributed by atoms with Gasteiger partial charge in [0.25, 0.3) is 0 Å². The third-order valence-corrected chi connectivity index (χ3v) is 6.77. The molecule has 8 nitrogen and oxygen atoms in total. The molecule has 1 fully saturated rings. The highest BCUT2D eigenvalue weighted by atomic mass is 127. The second-order valence-corrected chi connectivity index (χ2v) is 8.20. The molecule has 0 atom stereocenters. The number of rotatable bonds is 6. The molecule has 0 spiro atoms. The Bertz CT molecular complexity index is 893. The number of anilines is 1. The average molecular weight is 515 g/mol. The van der Waals surface area contributed by atoms with E-state index in [1.165, 1.54) is 0 Å². The van der Waals surface area contributed by atoms with E-state index >= 15 is 0 Å². The molecule has 28 heavy (non-hydrogen) atoms. The molecule has 2 aromatic heterocycles. The number of ether oxygens (including phenoxy) is 1. The highest BCUT2D eigenvalue weighted by Crippen LogP contribution is 2.35. The van der Waals surface area contributed by atoms with E-state index < -0.39 is 5.97 Å². The van der Waals surface area contributed by atoms with Crippen LogP contribution in [0.1, 0.15) is 46.5 Å². The Kier molecular flexibility index (Phi) is 6.73. The van der Waals surface area contributed by atoms with Crippen molar-refractivity contribution in [1.29, 1.82) is 0 Å². The topological polar surface area (TPSA) is 136 Å². The van der Waals surface area contributed by atoms with E-state index in [1.807, 2.05) is 22.9 Å². The zero-order valence-corrected chi connectivity index (χ0v) is 18.3. The van der Waals surface area contributed by atoms with Crippen LogP contribution in [-0.2, 0) is 0 Å². The number of aliphatic imine (C=N–C) groups is 1. The monoisotopic (exact) mass is 515 g/mol. The Morgan fingerprint density at radius 1 is 1.43 bits per heavy atom. The third kappa shape index (κ3) is 4.55. The summed E-state index contributed by atoms with van der Waals surface area (Å²) < 4.78 is 9.03. The smallest absolute Gasteiger partial charge is 0.346 e. The quantitative estimate of drug-likeness (QED) is 0.200. The van der Waals surface area contributed by atoms with Crippen LogP contribution < -0.4 is 19.7 Å². The number of amidine groups is 1. The summed E-state index contributed by atoms with van der Waals surface area (Å²) in [4.78, 5) is 20.5. The van der Waals surface area contributed by atoms with Crippen LogP contribution in [-0.4, -0.2) is 34.0 Å². The van der Waals surface area contributed by atoms with Crippen LogP contribution in [0.15, 0.2) is 23.3 Å². The van der Waals surface area contributed by atoms with Crippen molar-refractivity contribution in [3.8, 4) is 5.88 Å². The van der Waals surface area contributed by atoms with Crippen LogP contribution in [0.25, 0.3) is 0 Å². The maximum atomic E-state index is 11.4. The molecule has 10 heteroatoms. The van der Waals surface area contributed by atoms with Crippen LogP contribution in [0.3, 0.4) is 0 Å². The van der Waals surface area contributed by atoms with Gasteiger partial charge < -0.3 is 24.8 Å². The number of aromatic carboxylic acids is 1. The average Bonchev–Trinajstić information content (AvgIpc) is 3.02. The van der Waals surface area contributed by atoms with Gasteiger partial charge in [-0.1, -0.05) is 0 Å². The molecule has 0 radical (unpaired) electrons. The number of aromatic nitrogens is 1. The molecule has 0 saturated heterocycles. The predicted octanol–water partition coefficient (Wildman–Crippen LogP) is 3.60. The summed E-state index contributed by atoms with van der Waals surface area (Å²) in [5.41, 5.74) is 13.9. The first-order chi connectivity index (χ1) is 13.4. The van der Waals surface area contributed by atoms with Crippen molar-refractivity contribution >= 4 is 56.7 Å². The minimum Gasteiger partial charge on any atom is -0.477 e. The van der Waals surface area contributed by atoms with Crippen molar-refractivity contribution in [1.82, 2.24) is 4.98 Å². The number of pyridine rings is 1. The van der Waals surface area contributed by atoms with Crippen LogP contribution in [0.4, 0.5) is 10.7 Å². The van der Waals surface area contributed by atoms with E-state index in [1.54, 1.807) is 25.3 Å². The van der Waals surface area contributed by atoms with Crippen molar-refractivity contribution in [2.24, 2.45) is 16.5 Å². The first kappa shape index (κ1) is 20.8. The highest BCUT2D eigenvalue weighted by Gasteiger charge is 2.23. The number of carboxylic acid groups (broad SMARTS) is 1. The van der Waals surface area contributed by atoms with Gasteiger partial charge in [0.05, 0.1) is 28.4 Å². The summed E-state index contributed by atoms with van der Waals surface area (Å²) in [7, 11) is 0. The number of thiophene rings is 1. The fourth-order valence-corrected chi connectivity index (χ4v) is 4.75. The third-order valence-electron chi connectivity index (χ3n) is 4.67. The van der Waals surface area contributed by atoms with Gasteiger partial charge in [-0.05, 0) is 50.3 Å². The number of halogens is 1. The summed E-state index contributed by atoms with van der Waals surface area (Å²) in [6, 6.07) is 3.78. The van der Waals surface area contributed by atoms with E-state index in [0.29, 0.717) is 27.7 Å². The Hall–Kier alpha value is -1.92. The van der Waals surface area contributed by atoms with E-state index in [2.05, 4.69) is 13.5 Å². The number of nitrogens with two attached hydrogens (primary N) is 2. The predicted molar refractivity (Wildman–Crippen MR) is 119 cm³/mol. The maximum Gasteiger partial charge on any atom is 0.346 e. The Morgan fingerprint density at radius 3 is 2.79 bits per heavy atom. The molecule has 0 aromatic carbocycles. The second-order valence-electron chi connectivity index (χ2n) is 6.64. The molecule has 1 aliphatic rings. The minimum atomic E-state index is -0.990. The Labute approximate surface area is 180 Å². The molecule has 150 valence electrons. The molecular weight excluding hydrogens is 493 g/mol.